The van der Waals surface area contributed by atoms with Crippen molar-refractivity contribution in [3.63, 3.8) is 0 Å². The predicted molar refractivity (Wildman–Crippen MR) is 101 cm³/mol. The smallest absolute Gasteiger partial charge is 0.228 e. The van der Waals surface area contributed by atoms with Gasteiger partial charge in [0.1, 0.15) is 5.82 Å². The third-order valence-corrected chi connectivity index (χ3v) is 4.76. The van der Waals surface area contributed by atoms with Crippen molar-refractivity contribution < 1.29 is 0 Å². The highest BCUT2D eigenvalue weighted by Crippen LogP contribution is 2.28. The lowest BCUT2D eigenvalue weighted by atomic mass is 9.94. The fourth-order valence-corrected chi connectivity index (χ4v) is 3.43. The highest BCUT2D eigenvalue weighted by atomic mass is 15.3. The molecule has 0 N–H and O–H groups in total. The fraction of sp³-hybridized carbons (Fsp3) is 0.500. The molecule has 1 fully saturated rings. The van der Waals surface area contributed by atoms with Crippen LogP contribution < -0.4 is 9.80 Å². The number of benzene rings is 1. The normalized spacial score (nSPS) is 15.3. The maximum absolute atomic E-state index is 4.85. The van der Waals surface area contributed by atoms with E-state index >= 15 is 0 Å². The van der Waals surface area contributed by atoms with Gasteiger partial charge in [-0.25, -0.2) is 4.98 Å². The summed E-state index contributed by atoms with van der Waals surface area (Å²) in [4.78, 5) is 14.1. The van der Waals surface area contributed by atoms with Crippen LogP contribution in [0.25, 0.3) is 0 Å². The molecule has 0 amide bonds. The van der Waals surface area contributed by atoms with Gasteiger partial charge in [-0.15, -0.1) is 0 Å². The van der Waals surface area contributed by atoms with E-state index in [4.69, 9.17) is 9.97 Å². The molecule has 3 rings (SSSR count). The Kier molecular flexibility index (Phi) is 5.34. The molecular formula is C20H28N4. The Balaban J connectivity index is 1.94. The molecule has 4 nitrogen and oxygen atoms in total. The Morgan fingerprint density at radius 1 is 1.00 bits per heavy atom. The third kappa shape index (κ3) is 4.05. The molecule has 1 aliphatic carbocycles. The van der Waals surface area contributed by atoms with Gasteiger partial charge >= 0.3 is 0 Å². The van der Waals surface area contributed by atoms with Crippen molar-refractivity contribution in [2.75, 3.05) is 23.9 Å². The standard InChI is InChI=1S/C20H28N4/c1-16-14-19(23(2)3)22-20(21-16)24(18-12-8-5-9-13-18)15-17-10-6-4-7-11-17/h4,6-7,10-11,14,18H,5,8-9,12-13,15H2,1-3H3. The van der Waals surface area contributed by atoms with Crippen LogP contribution in [0, 0.1) is 6.92 Å². The molecule has 2 aromatic rings. The molecule has 0 radical (unpaired) electrons. The van der Waals surface area contributed by atoms with Gasteiger partial charge in [-0.3, -0.25) is 0 Å². The molecular weight excluding hydrogens is 296 g/mol. The zero-order valence-electron chi connectivity index (χ0n) is 15.1. The number of aryl methyl sites for hydroxylation is 1. The summed E-state index contributed by atoms with van der Waals surface area (Å²) >= 11 is 0. The minimum absolute atomic E-state index is 0.538. The van der Waals surface area contributed by atoms with Crippen molar-refractivity contribution in [1.82, 2.24) is 9.97 Å². The summed E-state index contributed by atoms with van der Waals surface area (Å²) in [6, 6.07) is 13.3. The van der Waals surface area contributed by atoms with E-state index in [0.717, 1.165) is 24.0 Å². The van der Waals surface area contributed by atoms with E-state index in [-0.39, 0.29) is 0 Å². The summed E-state index contributed by atoms with van der Waals surface area (Å²) < 4.78 is 0. The molecule has 0 aliphatic heterocycles. The predicted octanol–water partition coefficient (Wildman–Crippen LogP) is 4.19. The Morgan fingerprint density at radius 3 is 2.38 bits per heavy atom. The van der Waals surface area contributed by atoms with Crippen molar-refractivity contribution in [3.8, 4) is 0 Å². The van der Waals surface area contributed by atoms with Gasteiger partial charge in [0.25, 0.3) is 0 Å². The van der Waals surface area contributed by atoms with Crippen LogP contribution >= 0.6 is 0 Å². The molecule has 0 unspecified atom stereocenters. The summed E-state index contributed by atoms with van der Waals surface area (Å²) in [7, 11) is 4.07. The van der Waals surface area contributed by atoms with Crippen LogP contribution in [0.15, 0.2) is 36.4 Å². The fourth-order valence-electron chi connectivity index (χ4n) is 3.43. The van der Waals surface area contributed by atoms with Crippen molar-refractivity contribution in [2.24, 2.45) is 0 Å². The Morgan fingerprint density at radius 2 is 1.71 bits per heavy atom. The molecule has 0 saturated heterocycles. The monoisotopic (exact) mass is 324 g/mol. The van der Waals surface area contributed by atoms with E-state index in [0.29, 0.717) is 6.04 Å². The van der Waals surface area contributed by atoms with E-state index in [1.165, 1.54) is 37.7 Å². The molecule has 4 heteroatoms. The molecule has 24 heavy (non-hydrogen) atoms. The van der Waals surface area contributed by atoms with Gasteiger partial charge in [-0.05, 0) is 25.3 Å². The molecule has 128 valence electrons. The van der Waals surface area contributed by atoms with Crippen LogP contribution in [-0.4, -0.2) is 30.1 Å². The van der Waals surface area contributed by atoms with Crippen molar-refractivity contribution >= 4 is 11.8 Å². The largest absolute Gasteiger partial charge is 0.363 e. The molecule has 1 heterocycles. The molecule has 0 atom stereocenters. The molecule has 1 saturated carbocycles. The van der Waals surface area contributed by atoms with Crippen LogP contribution in [0.3, 0.4) is 0 Å². The average Bonchev–Trinajstić information content (AvgIpc) is 2.60. The quantitative estimate of drug-likeness (QED) is 0.825. The van der Waals surface area contributed by atoms with Crippen LogP contribution in [0.4, 0.5) is 11.8 Å². The maximum atomic E-state index is 4.85. The van der Waals surface area contributed by atoms with Crippen LogP contribution in [-0.2, 0) is 6.54 Å². The highest BCUT2D eigenvalue weighted by Gasteiger charge is 2.24. The van der Waals surface area contributed by atoms with Crippen molar-refractivity contribution in [2.45, 2.75) is 51.6 Å². The number of hydrogen-bond acceptors (Lipinski definition) is 4. The van der Waals surface area contributed by atoms with E-state index in [1.54, 1.807) is 0 Å². The molecule has 1 aromatic carbocycles. The number of hydrogen-bond donors (Lipinski definition) is 0. The van der Waals surface area contributed by atoms with Crippen molar-refractivity contribution in [3.05, 3.63) is 47.7 Å². The first-order valence-corrected chi connectivity index (χ1v) is 8.97. The topological polar surface area (TPSA) is 32.3 Å². The molecule has 0 spiro atoms. The second kappa shape index (κ2) is 7.65. The van der Waals surface area contributed by atoms with Gasteiger partial charge in [0, 0.05) is 38.4 Å². The van der Waals surface area contributed by atoms with Gasteiger partial charge in [-0.2, -0.15) is 4.98 Å². The van der Waals surface area contributed by atoms with Gasteiger partial charge in [0.05, 0.1) is 0 Å². The summed E-state index contributed by atoms with van der Waals surface area (Å²) in [6.07, 6.45) is 6.45. The minimum Gasteiger partial charge on any atom is -0.363 e. The first kappa shape index (κ1) is 16.7. The highest BCUT2D eigenvalue weighted by molar-refractivity contribution is 5.46. The zero-order chi connectivity index (χ0) is 16.9. The number of anilines is 2. The first-order chi connectivity index (χ1) is 11.6. The molecule has 0 bridgehead atoms. The summed E-state index contributed by atoms with van der Waals surface area (Å²) in [5.74, 6) is 1.85. The molecule has 1 aromatic heterocycles. The number of rotatable bonds is 5. The Bertz CT molecular complexity index is 648. The summed E-state index contributed by atoms with van der Waals surface area (Å²) in [6.45, 7) is 2.93. The zero-order valence-corrected chi connectivity index (χ0v) is 15.1. The van der Waals surface area contributed by atoms with E-state index < -0.39 is 0 Å². The Labute approximate surface area is 145 Å². The second-order valence-electron chi connectivity index (χ2n) is 6.97. The summed E-state index contributed by atoms with van der Waals surface area (Å²) in [5.41, 5.74) is 2.34. The lowest BCUT2D eigenvalue weighted by Gasteiger charge is -2.35. The van der Waals surface area contributed by atoms with E-state index in [9.17, 15) is 0 Å². The van der Waals surface area contributed by atoms with E-state index in [1.807, 2.05) is 20.2 Å². The van der Waals surface area contributed by atoms with Crippen LogP contribution in [0.2, 0.25) is 0 Å². The molecule has 1 aliphatic rings. The van der Waals surface area contributed by atoms with Gasteiger partial charge in [-0.1, -0.05) is 49.6 Å². The van der Waals surface area contributed by atoms with Crippen molar-refractivity contribution in [1.29, 1.82) is 0 Å². The minimum atomic E-state index is 0.538. The summed E-state index contributed by atoms with van der Waals surface area (Å²) in [5, 5.41) is 0. The van der Waals surface area contributed by atoms with Crippen LogP contribution in [0.1, 0.15) is 43.4 Å². The maximum Gasteiger partial charge on any atom is 0.228 e. The van der Waals surface area contributed by atoms with E-state index in [2.05, 4.69) is 47.1 Å². The van der Waals surface area contributed by atoms with Gasteiger partial charge < -0.3 is 9.80 Å². The lowest BCUT2D eigenvalue weighted by molar-refractivity contribution is 0.408. The second-order valence-corrected chi connectivity index (χ2v) is 6.97. The van der Waals surface area contributed by atoms with Gasteiger partial charge in [0.15, 0.2) is 0 Å². The first-order valence-electron chi connectivity index (χ1n) is 8.97. The average molecular weight is 324 g/mol. The third-order valence-electron chi connectivity index (χ3n) is 4.76. The number of nitrogens with zero attached hydrogens (tertiary/aromatic N) is 4. The number of aromatic nitrogens is 2. The van der Waals surface area contributed by atoms with Crippen LogP contribution in [0.5, 0.6) is 0 Å². The Hall–Kier alpha value is -2.10. The SMILES string of the molecule is Cc1cc(N(C)C)nc(N(Cc2ccccc2)C2CCCCC2)n1. The lowest BCUT2D eigenvalue weighted by Crippen LogP contribution is -2.38. The van der Waals surface area contributed by atoms with Gasteiger partial charge in [0.2, 0.25) is 5.95 Å².